The Balaban J connectivity index is 1.60. The van der Waals surface area contributed by atoms with Gasteiger partial charge in [-0.1, -0.05) is 19.9 Å². The van der Waals surface area contributed by atoms with Crippen molar-refractivity contribution < 1.29 is 50.0 Å². The lowest BCUT2D eigenvalue weighted by Gasteiger charge is -2.67. The molecule has 4 aliphatic carbocycles. The quantitative estimate of drug-likeness (QED) is 0.197. The van der Waals surface area contributed by atoms with Crippen molar-refractivity contribution in [3.8, 4) is 0 Å². The molecule has 0 aromatic carbocycles. The van der Waals surface area contributed by atoms with Gasteiger partial charge in [-0.15, -0.1) is 0 Å². The molecule has 0 aromatic rings. The summed E-state index contributed by atoms with van der Waals surface area (Å²) in [5, 5.41) is 74.3. The molecule has 1 spiro atoms. The van der Waals surface area contributed by atoms with Gasteiger partial charge in [0.1, 0.15) is 24.4 Å². The van der Waals surface area contributed by atoms with Crippen LogP contribution < -0.4 is 0 Å². The van der Waals surface area contributed by atoms with Crippen LogP contribution in [0.15, 0.2) is 12.2 Å². The second kappa shape index (κ2) is 8.71. The van der Waals surface area contributed by atoms with Crippen molar-refractivity contribution in [2.75, 3.05) is 6.61 Å². The molecular formula is C26H40O10. The van der Waals surface area contributed by atoms with E-state index in [0.29, 0.717) is 37.7 Å². The van der Waals surface area contributed by atoms with E-state index in [4.69, 9.17) is 9.47 Å². The smallest absolute Gasteiger partial charge is 0.309 e. The highest BCUT2D eigenvalue weighted by Crippen LogP contribution is 2.72. The fraction of sp³-hybridized carbons (Fsp3) is 0.885. The number of hydrogen-bond donors (Lipinski definition) is 7. The predicted octanol–water partition coefficient (Wildman–Crippen LogP) is -0.223. The molecule has 0 unspecified atom stereocenters. The van der Waals surface area contributed by atoms with Gasteiger partial charge in [-0.05, 0) is 61.9 Å². The average molecular weight is 513 g/mol. The molecule has 5 rings (SSSR count). The molecule has 5 aliphatic rings. The summed E-state index contributed by atoms with van der Waals surface area (Å²) in [7, 11) is 0. The first-order valence-electron chi connectivity index (χ1n) is 13.1. The third kappa shape index (κ3) is 3.35. The number of fused-ring (bicyclic) bond motifs is 3. The largest absolute Gasteiger partial charge is 0.481 e. The molecule has 10 heteroatoms. The van der Waals surface area contributed by atoms with E-state index in [1.54, 1.807) is 6.92 Å². The molecule has 1 aliphatic heterocycles. The van der Waals surface area contributed by atoms with Gasteiger partial charge in [0.15, 0.2) is 6.29 Å². The van der Waals surface area contributed by atoms with Crippen molar-refractivity contribution in [3.63, 3.8) is 0 Å². The number of carbonyl (C=O) groups is 1. The van der Waals surface area contributed by atoms with E-state index in [1.807, 2.05) is 6.92 Å². The van der Waals surface area contributed by atoms with Gasteiger partial charge in [-0.3, -0.25) is 4.79 Å². The number of carboxylic acid groups (broad SMARTS) is 1. The molecule has 0 radical (unpaired) electrons. The Morgan fingerprint density at radius 2 is 1.78 bits per heavy atom. The Kier molecular flexibility index (Phi) is 6.41. The highest BCUT2D eigenvalue weighted by molar-refractivity contribution is 5.75. The van der Waals surface area contributed by atoms with Crippen LogP contribution in [0.2, 0.25) is 0 Å². The van der Waals surface area contributed by atoms with Crippen molar-refractivity contribution in [1.29, 1.82) is 0 Å². The van der Waals surface area contributed by atoms with Gasteiger partial charge < -0.3 is 45.2 Å². The minimum absolute atomic E-state index is 0.123. The Morgan fingerprint density at radius 1 is 1.08 bits per heavy atom. The van der Waals surface area contributed by atoms with E-state index in [9.17, 15) is 40.5 Å². The second-order valence-electron chi connectivity index (χ2n) is 12.5. The lowest BCUT2D eigenvalue weighted by Crippen LogP contribution is -2.69. The van der Waals surface area contributed by atoms with Gasteiger partial charge >= 0.3 is 5.97 Å². The number of ether oxygens (including phenoxy) is 2. The molecule has 10 nitrogen and oxygen atoms in total. The van der Waals surface area contributed by atoms with E-state index >= 15 is 0 Å². The summed E-state index contributed by atoms with van der Waals surface area (Å²) in [6.45, 7) is 7.29. The van der Waals surface area contributed by atoms with Gasteiger partial charge in [-0.25, -0.2) is 0 Å². The Morgan fingerprint density at radius 3 is 2.42 bits per heavy atom. The SMILES string of the molecule is C=C1[C@@H]2C[C@@H](O)[C@H]3[C@]4(C)CCC[C@@](C)(C(=O)O)[C@H]4C[C@H](O[C@@H]4O[C@H](CO)[C@@H](O)[C@H](O)[C@H]4O)[C@]3(C2)[C@H]1O. The Labute approximate surface area is 210 Å². The molecule has 14 atom stereocenters. The van der Waals surface area contributed by atoms with E-state index in [1.165, 1.54) is 0 Å². The number of aliphatic carboxylic acids is 1. The zero-order valence-corrected chi connectivity index (χ0v) is 20.9. The zero-order chi connectivity index (χ0) is 26.4. The summed E-state index contributed by atoms with van der Waals surface area (Å²) in [6.07, 6.45) is -6.98. The second-order valence-corrected chi connectivity index (χ2v) is 12.5. The number of rotatable bonds is 4. The van der Waals surface area contributed by atoms with Crippen LogP contribution >= 0.6 is 0 Å². The minimum Gasteiger partial charge on any atom is -0.481 e. The zero-order valence-electron chi connectivity index (χ0n) is 20.9. The van der Waals surface area contributed by atoms with Gasteiger partial charge in [0, 0.05) is 11.3 Å². The van der Waals surface area contributed by atoms with Crippen LogP contribution in [0.25, 0.3) is 0 Å². The maximum Gasteiger partial charge on any atom is 0.309 e. The lowest BCUT2D eigenvalue weighted by atomic mass is 9.39. The summed E-state index contributed by atoms with van der Waals surface area (Å²) in [5.74, 6) is -1.92. The molecule has 0 aromatic heterocycles. The van der Waals surface area contributed by atoms with Crippen molar-refractivity contribution in [2.45, 2.75) is 101 Å². The number of aliphatic hydroxyl groups excluding tert-OH is 6. The maximum atomic E-state index is 12.6. The average Bonchev–Trinajstić information content (AvgIpc) is 3.01. The van der Waals surface area contributed by atoms with Crippen molar-refractivity contribution in [3.05, 3.63) is 12.2 Å². The van der Waals surface area contributed by atoms with Gasteiger partial charge in [0.2, 0.25) is 0 Å². The maximum absolute atomic E-state index is 12.6. The summed E-state index contributed by atoms with van der Waals surface area (Å²) in [4.78, 5) is 12.6. The fourth-order valence-corrected chi connectivity index (χ4v) is 9.14. The van der Waals surface area contributed by atoms with E-state index < -0.39 is 89.7 Å². The molecule has 0 amide bonds. The molecule has 5 fully saturated rings. The number of hydrogen-bond acceptors (Lipinski definition) is 9. The topological polar surface area (TPSA) is 177 Å². The van der Waals surface area contributed by atoms with Gasteiger partial charge in [0.05, 0.1) is 30.3 Å². The first-order chi connectivity index (χ1) is 16.8. The fourth-order valence-electron chi connectivity index (χ4n) is 9.14. The third-order valence-corrected chi connectivity index (χ3v) is 10.8. The normalized spacial score (nSPS) is 56.7. The monoisotopic (exact) mass is 512 g/mol. The van der Waals surface area contributed by atoms with Crippen LogP contribution in [0.4, 0.5) is 0 Å². The summed E-state index contributed by atoms with van der Waals surface area (Å²) in [5.41, 5.74) is -2.03. The first-order valence-corrected chi connectivity index (χ1v) is 13.1. The molecule has 7 N–H and O–H groups in total. The number of aliphatic hydroxyl groups is 6. The van der Waals surface area contributed by atoms with Gasteiger partial charge in [-0.2, -0.15) is 0 Å². The highest BCUT2D eigenvalue weighted by Gasteiger charge is 2.73. The molecule has 1 heterocycles. The van der Waals surface area contributed by atoms with Crippen LogP contribution in [-0.2, 0) is 14.3 Å². The summed E-state index contributed by atoms with van der Waals surface area (Å²) < 4.78 is 12.0. The minimum atomic E-state index is -1.63. The Bertz CT molecular complexity index is 909. The summed E-state index contributed by atoms with van der Waals surface area (Å²) in [6, 6.07) is 0. The van der Waals surface area contributed by atoms with Crippen LogP contribution in [-0.4, -0.2) is 97.3 Å². The molecule has 204 valence electrons. The number of carboxylic acids is 1. The van der Waals surface area contributed by atoms with Crippen LogP contribution in [0.1, 0.15) is 52.4 Å². The van der Waals surface area contributed by atoms with E-state index in [2.05, 4.69) is 6.58 Å². The standard InChI is InChI=1S/C26H40O10/c1-11-12-7-13(28)20-24(2)5-4-6-25(3,23(33)34)15(24)8-16(26(20,9-12)21(11)32)36-22-19(31)18(30)17(29)14(10-27)35-22/h12-22,27-32H,1,4-10H2,2-3H3,(H,33,34)/t12-,13-,14-,15+,16+,17-,18+,19-,20+,21+,22+,24-,25-,26+/m1/s1. The van der Waals surface area contributed by atoms with Gasteiger partial charge in [0.25, 0.3) is 0 Å². The highest BCUT2D eigenvalue weighted by atomic mass is 16.7. The van der Waals surface area contributed by atoms with Crippen LogP contribution in [0.3, 0.4) is 0 Å². The van der Waals surface area contributed by atoms with Crippen LogP contribution in [0.5, 0.6) is 0 Å². The van der Waals surface area contributed by atoms with E-state index in [-0.39, 0.29) is 12.3 Å². The predicted molar refractivity (Wildman–Crippen MR) is 124 cm³/mol. The van der Waals surface area contributed by atoms with Crippen LogP contribution in [0, 0.1) is 34.0 Å². The molecule has 4 saturated carbocycles. The Hall–Kier alpha value is -1.11. The molecule has 2 bridgehead atoms. The van der Waals surface area contributed by atoms with Crippen molar-refractivity contribution in [2.24, 2.45) is 34.0 Å². The lowest BCUT2D eigenvalue weighted by molar-refractivity contribution is -0.344. The van der Waals surface area contributed by atoms with Crippen molar-refractivity contribution >= 4 is 5.97 Å². The molecular weight excluding hydrogens is 472 g/mol. The molecule has 1 saturated heterocycles. The first kappa shape index (κ1) is 26.5. The third-order valence-electron chi connectivity index (χ3n) is 10.8. The summed E-state index contributed by atoms with van der Waals surface area (Å²) >= 11 is 0. The molecule has 36 heavy (non-hydrogen) atoms. The van der Waals surface area contributed by atoms with Crippen molar-refractivity contribution in [1.82, 2.24) is 0 Å². The van der Waals surface area contributed by atoms with E-state index in [0.717, 1.165) is 0 Å².